The fourth-order valence-corrected chi connectivity index (χ4v) is 4.41. The van der Waals surface area contributed by atoms with Gasteiger partial charge in [-0.3, -0.25) is 25.2 Å². The first kappa shape index (κ1) is 19.4. The third kappa shape index (κ3) is 4.58. The van der Waals surface area contributed by atoms with Crippen molar-refractivity contribution in [1.29, 1.82) is 0 Å². The van der Waals surface area contributed by atoms with Crippen molar-refractivity contribution in [2.45, 2.75) is 35.1 Å². The molecule has 0 bridgehead atoms. The van der Waals surface area contributed by atoms with Crippen molar-refractivity contribution in [1.82, 2.24) is 21.7 Å². The van der Waals surface area contributed by atoms with Crippen LogP contribution in [0.2, 0.25) is 0 Å². The Labute approximate surface area is 172 Å². The zero-order valence-corrected chi connectivity index (χ0v) is 16.3. The molecule has 0 saturated carbocycles. The minimum atomic E-state index is -0.546. The summed E-state index contributed by atoms with van der Waals surface area (Å²) in [6, 6.07) is 16.8. The Morgan fingerprint density at radius 2 is 1.76 bits per heavy atom. The van der Waals surface area contributed by atoms with E-state index in [9.17, 15) is 14.4 Å². The summed E-state index contributed by atoms with van der Waals surface area (Å²) in [5, 5.41) is 2.25. The summed E-state index contributed by atoms with van der Waals surface area (Å²) < 4.78 is 0. The molecule has 3 amide bonds. The average molecular weight is 411 g/mol. The molecular formula is C20H21N5O3S. The van der Waals surface area contributed by atoms with Gasteiger partial charge in [0.1, 0.15) is 6.04 Å². The van der Waals surface area contributed by atoms with Crippen molar-refractivity contribution in [3.63, 3.8) is 0 Å². The minimum Gasteiger partial charge on any atom is -0.324 e. The largest absolute Gasteiger partial charge is 0.324 e. The molecule has 0 spiro atoms. The fourth-order valence-electron chi connectivity index (χ4n) is 3.30. The van der Waals surface area contributed by atoms with Crippen LogP contribution in [0.15, 0.2) is 59.5 Å². The molecule has 150 valence electrons. The molecule has 4 rings (SSSR count). The number of hydrogen-bond donors (Lipinski definition) is 5. The minimum absolute atomic E-state index is 0.0186. The number of rotatable bonds is 4. The first-order valence-electron chi connectivity index (χ1n) is 9.31. The van der Waals surface area contributed by atoms with Crippen LogP contribution < -0.4 is 27.0 Å². The van der Waals surface area contributed by atoms with E-state index in [0.29, 0.717) is 6.42 Å². The fraction of sp³-hybridized carbons (Fsp3) is 0.250. The summed E-state index contributed by atoms with van der Waals surface area (Å²) in [4.78, 5) is 37.7. The second kappa shape index (κ2) is 8.64. The van der Waals surface area contributed by atoms with Gasteiger partial charge in [-0.1, -0.05) is 42.5 Å². The van der Waals surface area contributed by atoms with E-state index in [1.807, 2.05) is 54.6 Å². The van der Waals surface area contributed by atoms with E-state index in [1.54, 1.807) is 0 Å². The normalized spacial score (nSPS) is 23.0. The topological polar surface area (TPSA) is 111 Å². The van der Waals surface area contributed by atoms with Crippen molar-refractivity contribution in [2.75, 3.05) is 5.32 Å². The van der Waals surface area contributed by atoms with Gasteiger partial charge in [0.05, 0.1) is 10.9 Å². The highest BCUT2D eigenvalue weighted by Crippen LogP contribution is 2.36. The van der Waals surface area contributed by atoms with E-state index in [-0.39, 0.29) is 24.3 Å². The maximum Gasteiger partial charge on any atom is 0.256 e. The molecule has 2 heterocycles. The lowest BCUT2D eigenvalue weighted by Crippen LogP contribution is -2.51. The van der Waals surface area contributed by atoms with Crippen molar-refractivity contribution in [2.24, 2.45) is 0 Å². The number of anilines is 1. The molecule has 1 fully saturated rings. The van der Waals surface area contributed by atoms with Crippen molar-refractivity contribution in [3.8, 4) is 0 Å². The van der Waals surface area contributed by atoms with Crippen LogP contribution in [0.4, 0.5) is 5.69 Å². The predicted octanol–water partition coefficient (Wildman–Crippen LogP) is 1.24. The van der Waals surface area contributed by atoms with E-state index in [4.69, 9.17) is 0 Å². The molecule has 2 aliphatic rings. The highest BCUT2D eigenvalue weighted by molar-refractivity contribution is 8.01. The first-order chi connectivity index (χ1) is 14.1. The Hall–Kier alpha value is -2.88. The Kier molecular flexibility index (Phi) is 5.79. The molecule has 2 aliphatic heterocycles. The van der Waals surface area contributed by atoms with Crippen molar-refractivity contribution in [3.05, 3.63) is 60.2 Å². The Morgan fingerprint density at radius 3 is 2.59 bits per heavy atom. The number of nitrogens with one attached hydrogen (secondary N) is 5. The molecule has 2 aromatic rings. The summed E-state index contributed by atoms with van der Waals surface area (Å²) in [5.41, 5.74) is 12.7. The summed E-state index contributed by atoms with van der Waals surface area (Å²) in [5.74, 6) is -0.978. The van der Waals surface area contributed by atoms with E-state index in [0.717, 1.165) is 16.1 Å². The Morgan fingerprint density at radius 1 is 1.00 bits per heavy atom. The van der Waals surface area contributed by atoms with E-state index in [2.05, 4.69) is 27.0 Å². The maximum absolute atomic E-state index is 12.3. The Bertz CT molecular complexity index is 923. The molecule has 3 atom stereocenters. The molecule has 3 unspecified atom stereocenters. The van der Waals surface area contributed by atoms with Gasteiger partial charge in [-0.2, -0.15) is 0 Å². The number of fused-ring (bicyclic) bond motifs is 1. The number of benzene rings is 2. The lowest BCUT2D eigenvalue weighted by molar-refractivity contribution is -0.130. The standard InChI is InChI=1S/C20H21N5O3S/c26-18(11-17-20(28)21-13-8-4-5-9-16(13)29-17)24-25-19(27)15-10-14(22-23-15)12-6-2-1-3-7-12/h1-9,14-15,17,22-23H,10-11H2,(H,21,28)(H,24,26)(H,25,27). The van der Waals surface area contributed by atoms with E-state index in [1.165, 1.54) is 11.8 Å². The molecule has 2 aromatic carbocycles. The third-order valence-electron chi connectivity index (χ3n) is 4.82. The number of carbonyl (C=O) groups excluding carboxylic acids is 3. The van der Waals surface area contributed by atoms with Gasteiger partial charge in [0.2, 0.25) is 11.8 Å². The van der Waals surface area contributed by atoms with Crippen LogP contribution in [0.25, 0.3) is 0 Å². The Balaban J connectivity index is 1.25. The number of thioether (sulfide) groups is 1. The number of para-hydroxylation sites is 1. The molecule has 0 radical (unpaired) electrons. The van der Waals surface area contributed by atoms with Gasteiger partial charge >= 0.3 is 0 Å². The lowest BCUT2D eigenvalue weighted by atomic mass is 10.0. The SMILES string of the molecule is O=C(CC1Sc2ccccc2NC1=O)NNC(=O)C1CC(c2ccccc2)NN1. The summed E-state index contributed by atoms with van der Waals surface area (Å²) >= 11 is 1.34. The lowest BCUT2D eigenvalue weighted by Gasteiger charge is -2.23. The molecule has 1 saturated heterocycles. The van der Waals surface area contributed by atoms with Gasteiger partial charge in [-0.05, 0) is 24.1 Å². The monoisotopic (exact) mass is 411 g/mol. The quantitative estimate of drug-likeness (QED) is 0.484. The summed E-state index contributed by atoms with van der Waals surface area (Å²) in [7, 11) is 0. The van der Waals surface area contributed by atoms with Crippen molar-refractivity contribution < 1.29 is 14.4 Å². The molecule has 9 heteroatoms. The second-order valence-corrected chi connectivity index (χ2v) is 8.12. The van der Waals surface area contributed by atoms with Gasteiger partial charge in [-0.25, -0.2) is 10.9 Å². The van der Waals surface area contributed by atoms with Crippen LogP contribution in [0.3, 0.4) is 0 Å². The second-order valence-electron chi connectivity index (χ2n) is 6.87. The zero-order chi connectivity index (χ0) is 20.2. The molecule has 5 N–H and O–H groups in total. The van der Waals surface area contributed by atoms with Crippen LogP contribution in [0, 0.1) is 0 Å². The van der Waals surface area contributed by atoms with Crippen LogP contribution in [0.5, 0.6) is 0 Å². The van der Waals surface area contributed by atoms with Crippen molar-refractivity contribution >= 4 is 35.2 Å². The smallest absolute Gasteiger partial charge is 0.256 e. The molecule has 0 aliphatic carbocycles. The summed E-state index contributed by atoms with van der Waals surface area (Å²) in [6.07, 6.45) is 0.525. The van der Waals surface area contributed by atoms with Gasteiger partial charge in [-0.15, -0.1) is 11.8 Å². The molecule has 29 heavy (non-hydrogen) atoms. The highest BCUT2D eigenvalue weighted by Gasteiger charge is 2.31. The maximum atomic E-state index is 12.3. The highest BCUT2D eigenvalue weighted by atomic mass is 32.2. The first-order valence-corrected chi connectivity index (χ1v) is 10.2. The molecular weight excluding hydrogens is 390 g/mol. The van der Waals surface area contributed by atoms with E-state index >= 15 is 0 Å². The van der Waals surface area contributed by atoms with Gasteiger partial charge in [0.15, 0.2) is 0 Å². The van der Waals surface area contributed by atoms with Gasteiger partial charge in [0, 0.05) is 17.4 Å². The summed E-state index contributed by atoms with van der Waals surface area (Å²) in [6.45, 7) is 0. The molecule has 8 nitrogen and oxygen atoms in total. The van der Waals surface area contributed by atoms with E-state index < -0.39 is 17.2 Å². The number of amides is 3. The van der Waals surface area contributed by atoms with Gasteiger partial charge < -0.3 is 5.32 Å². The third-order valence-corrected chi connectivity index (χ3v) is 6.10. The number of carbonyl (C=O) groups is 3. The average Bonchev–Trinajstić information content (AvgIpc) is 3.24. The molecule has 0 aromatic heterocycles. The number of hydrogen-bond acceptors (Lipinski definition) is 6. The predicted molar refractivity (Wildman–Crippen MR) is 109 cm³/mol. The zero-order valence-electron chi connectivity index (χ0n) is 15.5. The van der Waals surface area contributed by atoms with Crippen LogP contribution in [0.1, 0.15) is 24.4 Å². The van der Waals surface area contributed by atoms with Crippen LogP contribution >= 0.6 is 11.8 Å². The van der Waals surface area contributed by atoms with Crippen LogP contribution in [-0.2, 0) is 14.4 Å². The number of hydrazine groups is 2. The van der Waals surface area contributed by atoms with Crippen LogP contribution in [-0.4, -0.2) is 29.0 Å². The van der Waals surface area contributed by atoms with Gasteiger partial charge in [0.25, 0.3) is 5.91 Å².